The highest BCUT2D eigenvalue weighted by Gasteiger charge is 2.55. The van der Waals surface area contributed by atoms with Gasteiger partial charge in [-0.3, -0.25) is 9.59 Å². The SMILES string of the molecule is CC(C)C(C(=O)N1C[C@H]2COCC[C@@]2(C(=O)O)C1)c1cccc(Cl)c1. The van der Waals surface area contributed by atoms with Gasteiger partial charge < -0.3 is 14.7 Å². The monoisotopic (exact) mass is 365 g/mol. The zero-order chi connectivity index (χ0) is 18.2. The molecular formula is C19H24ClNO4. The van der Waals surface area contributed by atoms with E-state index < -0.39 is 11.4 Å². The van der Waals surface area contributed by atoms with Gasteiger partial charge in [-0.05, 0) is 30.0 Å². The molecule has 0 spiro atoms. The van der Waals surface area contributed by atoms with Crippen molar-refractivity contribution in [1.82, 2.24) is 4.90 Å². The van der Waals surface area contributed by atoms with Gasteiger partial charge in [-0.15, -0.1) is 0 Å². The number of fused-ring (bicyclic) bond motifs is 1. The van der Waals surface area contributed by atoms with E-state index in [1.165, 1.54) is 0 Å². The number of hydrogen-bond donors (Lipinski definition) is 1. The Morgan fingerprint density at radius 2 is 2.16 bits per heavy atom. The fraction of sp³-hybridized carbons (Fsp3) is 0.579. The molecule has 1 N–H and O–H groups in total. The molecule has 1 unspecified atom stereocenters. The number of carbonyl (C=O) groups is 2. The van der Waals surface area contributed by atoms with Crippen LogP contribution in [0.3, 0.4) is 0 Å². The molecule has 2 saturated heterocycles. The number of aliphatic carboxylic acids is 1. The van der Waals surface area contributed by atoms with Gasteiger partial charge in [0.1, 0.15) is 0 Å². The Labute approximate surface area is 152 Å². The van der Waals surface area contributed by atoms with Gasteiger partial charge in [0, 0.05) is 30.6 Å². The van der Waals surface area contributed by atoms with Gasteiger partial charge in [-0.1, -0.05) is 37.6 Å². The van der Waals surface area contributed by atoms with Crippen molar-refractivity contribution in [2.45, 2.75) is 26.2 Å². The van der Waals surface area contributed by atoms with Crippen LogP contribution < -0.4 is 0 Å². The quantitative estimate of drug-likeness (QED) is 0.890. The molecule has 1 amide bonds. The summed E-state index contributed by atoms with van der Waals surface area (Å²) in [7, 11) is 0. The van der Waals surface area contributed by atoms with Gasteiger partial charge in [0.25, 0.3) is 0 Å². The first-order valence-electron chi connectivity index (χ1n) is 8.70. The van der Waals surface area contributed by atoms with Gasteiger partial charge >= 0.3 is 5.97 Å². The standard InChI is InChI=1S/C19H24ClNO4/c1-12(2)16(13-4-3-5-15(20)8-13)17(22)21-9-14-10-25-7-6-19(14,11-21)18(23)24/h3-5,8,12,14,16H,6-7,9-11H2,1-2H3,(H,23,24)/t14-,16?,19+/m0/s1. The Hall–Kier alpha value is -1.59. The predicted molar refractivity (Wildman–Crippen MR) is 94.6 cm³/mol. The molecule has 0 radical (unpaired) electrons. The first kappa shape index (κ1) is 18.2. The third-order valence-electron chi connectivity index (χ3n) is 5.58. The maximum atomic E-state index is 13.3. The van der Waals surface area contributed by atoms with Gasteiger partial charge in [0.15, 0.2) is 0 Å². The molecular weight excluding hydrogens is 342 g/mol. The van der Waals surface area contributed by atoms with Gasteiger partial charge in [-0.25, -0.2) is 0 Å². The molecule has 0 bridgehead atoms. The summed E-state index contributed by atoms with van der Waals surface area (Å²) in [4.78, 5) is 26.9. The average molecular weight is 366 g/mol. The number of likely N-dealkylation sites (tertiary alicyclic amines) is 1. The molecule has 2 fully saturated rings. The second-order valence-corrected chi connectivity index (χ2v) is 7.92. The van der Waals surface area contributed by atoms with Gasteiger partial charge in [0.2, 0.25) is 5.91 Å². The first-order chi connectivity index (χ1) is 11.8. The van der Waals surface area contributed by atoms with Crippen LogP contribution in [-0.4, -0.2) is 48.2 Å². The minimum absolute atomic E-state index is 0.0210. The molecule has 0 aromatic heterocycles. The number of hydrogen-bond acceptors (Lipinski definition) is 3. The molecule has 1 aromatic carbocycles. The highest BCUT2D eigenvalue weighted by Crippen LogP contribution is 2.44. The fourth-order valence-electron chi connectivity index (χ4n) is 4.18. The van der Waals surface area contributed by atoms with Gasteiger partial charge in [-0.2, -0.15) is 0 Å². The number of amides is 1. The minimum atomic E-state index is -0.871. The third-order valence-corrected chi connectivity index (χ3v) is 5.82. The molecule has 3 rings (SSSR count). The van der Waals surface area contributed by atoms with Crippen molar-refractivity contribution in [3.8, 4) is 0 Å². The maximum Gasteiger partial charge on any atom is 0.311 e. The van der Waals surface area contributed by atoms with Crippen LogP contribution in [-0.2, 0) is 14.3 Å². The van der Waals surface area contributed by atoms with E-state index in [1.54, 1.807) is 11.0 Å². The number of ether oxygens (including phenoxy) is 1. The second-order valence-electron chi connectivity index (χ2n) is 7.48. The van der Waals surface area contributed by atoms with Crippen molar-refractivity contribution in [3.05, 3.63) is 34.9 Å². The molecule has 25 heavy (non-hydrogen) atoms. The molecule has 0 aliphatic carbocycles. The van der Waals surface area contributed by atoms with E-state index in [-0.39, 0.29) is 30.2 Å². The number of carboxylic acid groups (broad SMARTS) is 1. The largest absolute Gasteiger partial charge is 0.481 e. The van der Waals surface area contributed by atoms with E-state index in [2.05, 4.69) is 0 Å². The normalized spacial score (nSPS) is 27.2. The smallest absolute Gasteiger partial charge is 0.311 e. The summed E-state index contributed by atoms with van der Waals surface area (Å²) in [5, 5.41) is 10.4. The Morgan fingerprint density at radius 1 is 1.40 bits per heavy atom. The lowest BCUT2D eigenvalue weighted by molar-refractivity contribution is -0.157. The second kappa shape index (κ2) is 6.96. The number of benzene rings is 1. The number of nitrogens with zero attached hydrogens (tertiary/aromatic N) is 1. The van der Waals surface area contributed by atoms with E-state index in [1.807, 2.05) is 32.0 Å². The van der Waals surface area contributed by atoms with Crippen molar-refractivity contribution in [2.24, 2.45) is 17.3 Å². The molecule has 2 heterocycles. The number of halogens is 1. The fourth-order valence-corrected chi connectivity index (χ4v) is 4.38. The lowest BCUT2D eigenvalue weighted by atomic mass is 9.74. The summed E-state index contributed by atoms with van der Waals surface area (Å²) in [5.41, 5.74) is 0.00652. The third kappa shape index (κ3) is 3.27. The van der Waals surface area contributed by atoms with Crippen LogP contribution in [0.1, 0.15) is 31.7 Å². The zero-order valence-electron chi connectivity index (χ0n) is 14.6. The van der Waals surface area contributed by atoms with E-state index in [4.69, 9.17) is 16.3 Å². The Kier molecular flexibility index (Phi) is 5.07. The van der Waals surface area contributed by atoms with Crippen LogP contribution in [0, 0.1) is 17.3 Å². The number of carboxylic acids is 1. The summed E-state index contributed by atoms with van der Waals surface area (Å²) in [6, 6.07) is 7.36. The van der Waals surface area contributed by atoms with E-state index >= 15 is 0 Å². The number of carbonyl (C=O) groups excluding carboxylic acids is 1. The summed E-state index contributed by atoms with van der Waals surface area (Å²) < 4.78 is 5.48. The van der Waals surface area contributed by atoms with Crippen molar-refractivity contribution in [1.29, 1.82) is 0 Å². The Morgan fingerprint density at radius 3 is 2.76 bits per heavy atom. The maximum absolute atomic E-state index is 13.3. The van der Waals surface area contributed by atoms with Crippen molar-refractivity contribution in [2.75, 3.05) is 26.3 Å². The lowest BCUT2D eigenvalue weighted by Gasteiger charge is -2.34. The Balaban J connectivity index is 1.87. The highest BCUT2D eigenvalue weighted by atomic mass is 35.5. The molecule has 6 heteroatoms. The summed E-state index contributed by atoms with van der Waals surface area (Å²) >= 11 is 6.10. The van der Waals surface area contributed by atoms with E-state index in [0.717, 1.165) is 5.56 Å². The predicted octanol–water partition coefficient (Wildman–Crippen LogP) is 3.03. The Bertz CT molecular complexity index is 677. The van der Waals surface area contributed by atoms with Crippen LogP contribution in [0.4, 0.5) is 0 Å². The van der Waals surface area contributed by atoms with Crippen LogP contribution in [0.25, 0.3) is 0 Å². The van der Waals surface area contributed by atoms with Crippen LogP contribution in [0.5, 0.6) is 0 Å². The van der Waals surface area contributed by atoms with Gasteiger partial charge in [0.05, 0.1) is 17.9 Å². The molecule has 1 aromatic rings. The van der Waals surface area contributed by atoms with Crippen molar-refractivity contribution >= 4 is 23.5 Å². The summed E-state index contributed by atoms with van der Waals surface area (Å²) in [5.74, 6) is -1.22. The molecule has 2 aliphatic heterocycles. The highest BCUT2D eigenvalue weighted by molar-refractivity contribution is 6.30. The van der Waals surface area contributed by atoms with Crippen LogP contribution in [0.15, 0.2) is 24.3 Å². The minimum Gasteiger partial charge on any atom is -0.481 e. The molecule has 0 saturated carbocycles. The lowest BCUT2D eigenvalue weighted by Crippen LogP contribution is -2.45. The van der Waals surface area contributed by atoms with E-state index in [9.17, 15) is 14.7 Å². The summed E-state index contributed by atoms with van der Waals surface area (Å²) in [6.45, 7) is 5.55. The first-order valence-corrected chi connectivity index (χ1v) is 9.08. The topological polar surface area (TPSA) is 66.8 Å². The molecule has 2 aliphatic rings. The van der Waals surface area contributed by atoms with E-state index in [0.29, 0.717) is 31.2 Å². The average Bonchev–Trinajstić information content (AvgIpc) is 2.96. The zero-order valence-corrected chi connectivity index (χ0v) is 15.3. The number of rotatable bonds is 4. The molecule has 3 atom stereocenters. The molecule has 5 nitrogen and oxygen atoms in total. The van der Waals surface area contributed by atoms with Crippen molar-refractivity contribution < 1.29 is 19.4 Å². The van der Waals surface area contributed by atoms with Crippen LogP contribution in [0.2, 0.25) is 5.02 Å². The molecule has 136 valence electrons. The van der Waals surface area contributed by atoms with Crippen molar-refractivity contribution in [3.63, 3.8) is 0 Å². The van der Waals surface area contributed by atoms with Crippen LogP contribution >= 0.6 is 11.6 Å². The summed E-state index contributed by atoms with van der Waals surface area (Å²) in [6.07, 6.45) is 0.459.